The van der Waals surface area contributed by atoms with E-state index in [1.165, 1.54) is 26.3 Å². The van der Waals surface area contributed by atoms with Crippen LogP contribution < -0.4 is 4.74 Å². The molecular formula is C17H20FNO4S. The van der Waals surface area contributed by atoms with Gasteiger partial charge >= 0.3 is 0 Å². The van der Waals surface area contributed by atoms with Crippen molar-refractivity contribution >= 4 is 10.0 Å². The molecular weight excluding hydrogens is 333 g/mol. The Hall–Kier alpha value is -1.86. The Morgan fingerprint density at radius 1 is 1.33 bits per heavy atom. The summed E-state index contributed by atoms with van der Waals surface area (Å²) in [5, 5.41) is 0. The summed E-state index contributed by atoms with van der Waals surface area (Å²) in [4.78, 5) is -0.120. The molecule has 0 radical (unpaired) electrons. The molecule has 5 nitrogen and oxygen atoms in total. The van der Waals surface area contributed by atoms with Crippen LogP contribution in [0, 0.1) is 11.7 Å². The summed E-state index contributed by atoms with van der Waals surface area (Å²) in [5.74, 6) is 1.83. The van der Waals surface area contributed by atoms with Crippen molar-refractivity contribution in [2.75, 3.05) is 14.2 Å². The molecule has 0 N–H and O–H groups in total. The minimum Gasteiger partial charge on any atom is -0.494 e. The lowest BCUT2D eigenvalue weighted by Gasteiger charge is -2.16. The van der Waals surface area contributed by atoms with Crippen LogP contribution in [-0.4, -0.2) is 26.9 Å². The van der Waals surface area contributed by atoms with Crippen molar-refractivity contribution in [3.8, 4) is 5.75 Å². The maximum Gasteiger partial charge on any atom is 0.243 e. The van der Waals surface area contributed by atoms with Crippen LogP contribution in [0.3, 0.4) is 0 Å². The fourth-order valence-corrected chi connectivity index (χ4v) is 3.84. The van der Waals surface area contributed by atoms with Crippen LogP contribution in [0.4, 0.5) is 4.39 Å². The highest BCUT2D eigenvalue weighted by atomic mass is 32.2. The van der Waals surface area contributed by atoms with Crippen LogP contribution in [0.1, 0.15) is 30.8 Å². The number of sulfonamides is 1. The first-order valence-electron chi connectivity index (χ1n) is 7.71. The first kappa shape index (κ1) is 17.0. The lowest BCUT2D eigenvalue weighted by Crippen LogP contribution is -2.26. The quantitative estimate of drug-likeness (QED) is 0.799. The third kappa shape index (κ3) is 3.18. The lowest BCUT2D eigenvalue weighted by atomic mass is 10.3. The van der Waals surface area contributed by atoms with Crippen molar-refractivity contribution in [2.24, 2.45) is 5.92 Å². The Labute approximate surface area is 141 Å². The van der Waals surface area contributed by atoms with Crippen molar-refractivity contribution in [1.29, 1.82) is 0 Å². The van der Waals surface area contributed by atoms with Gasteiger partial charge in [-0.25, -0.2) is 12.8 Å². The molecule has 0 amide bonds. The molecule has 1 aliphatic carbocycles. The fourth-order valence-electron chi connectivity index (χ4n) is 2.69. The molecule has 0 aliphatic heterocycles. The Morgan fingerprint density at radius 2 is 2.04 bits per heavy atom. The maximum atomic E-state index is 13.8. The molecule has 1 aromatic heterocycles. The van der Waals surface area contributed by atoms with Crippen LogP contribution in [0.2, 0.25) is 0 Å². The third-order valence-electron chi connectivity index (χ3n) is 4.37. The van der Waals surface area contributed by atoms with Crippen LogP contribution in [0.15, 0.2) is 39.6 Å². The van der Waals surface area contributed by atoms with Gasteiger partial charge in [-0.2, -0.15) is 4.31 Å². The highest BCUT2D eigenvalue weighted by Crippen LogP contribution is 2.47. The van der Waals surface area contributed by atoms with Gasteiger partial charge in [0, 0.05) is 13.0 Å². The van der Waals surface area contributed by atoms with Gasteiger partial charge in [-0.1, -0.05) is 6.92 Å². The topological polar surface area (TPSA) is 59.8 Å². The molecule has 3 rings (SSSR count). The molecule has 0 unspecified atom stereocenters. The summed E-state index contributed by atoms with van der Waals surface area (Å²) in [6.07, 6.45) is 1.10. The predicted octanol–water partition coefficient (Wildman–Crippen LogP) is 3.37. The minimum atomic E-state index is -3.81. The van der Waals surface area contributed by atoms with Gasteiger partial charge in [0.1, 0.15) is 11.5 Å². The van der Waals surface area contributed by atoms with Gasteiger partial charge in [0.15, 0.2) is 11.6 Å². The van der Waals surface area contributed by atoms with Crippen molar-refractivity contribution < 1.29 is 22.0 Å². The van der Waals surface area contributed by atoms with E-state index in [4.69, 9.17) is 9.15 Å². The monoisotopic (exact) mass is 353 g/mol. The molecule has 0 saturated heterocycles. The van der Waals surface area contributed by atoms with Crippen molar-refractivity contribution in [1.82, 2.24) is 4.31 Å². The van der Waals surface area contributed by atoms with E-state index in [1.807, 2.05) is 6.07 Å². The van der Waals surface area contributed by atoms with Crippen LogP contribution in [0.5, 0.6) is 5.75 Å². The van der Waals surface area contributed by atoms with Crippen molar-refractivity contribution in [3.63, 3.8) is 0 Å². The highest BCUT2D eigenvalue weighted by molar-refractivity contribution is 7.89. The Balaban J connectivity index is 1.76. The summed E-state index contributed by atoms with van der Waals surface area (Å²) in [6.45, 7) is 2.25. The van der Waals surface area contributed by atoms with E-state index in [9.17, 15) is 12.8 Å². The summed E-state index contributed by atoms with van der Waals surface area (Å²) in [6, 6.07) is 7.28. The van der Waals surface area contributed by atoms with Crippen LogP contribution in [0.25, 0.3) is 0 Å². The Morgan fingerprint density at radius 3 is 2.62 bits per heavy atom. The smallest absolute Gasteiger partial charge is 0.243 e. The van der Waals surface area contributed by atoms with E-state index in [0.717, 1.165) is 22.6 Å². The van der Waals surface area contributed by atoms with Gasteiger partial charge < -0.3 is 9.15 Å². The van der Waals surface area contributed by atoms with E-state index in [0.29, 0.717) is 17.6 Å². The highest BCUT2D eigenvalue weighted by Gasteiger charge is 2.36. The standard InChI is InChI=1S/C17H20FNO4S/c1-11-8-14(11)16-6-4-12(23-16)10-19(2)24(20,21)13-5-7-17(22-3)15(18)9-13/h4-7,9,11,14H,8,10H2,1-3H3/t11-,14-/m0/s1. The van der Waals surface area contributed by atoms with Gasteiger partial charge in [-0.3, -0.25) is 0 Å². The van der Waals surface area contributed by atoms with Gasteiger partial charge in [0.05, 0.1) is 18.6 Å². The zero-order valence-electron chi connectivity index (χ0n) is 13.8. The van der Waals surface area contributed by atoms with Crippen LogP contribution in [-0.2, 0) is 16.6 Å². The van der Waals surface area contributed by atoms with E-state index < -0.39 is 15.8 Å². The number of rotatable bonds is 6. The number of hydrogen-bond acceptors (Lipinski definition) is 4. The fraction of sp³-hybridized carbons (Fsp3) is 0.412. The summed E-state index contributed by atoms with van der Waals surface area (Å²) in [5.41, 5.74) is 0. The van der Waals surface area contributed by atoms with Crippen molar-refractivity contribution in [3.05, 3.63) is 47.7 Å². The predicted molar refractivity (Wildman–Crippen MR) is 86.8 cm³/mol. The normalized spacial score (nSPS) is 20.4. The van der Waals surface area contributed by atoms with E-state index in [1.54, 1.807) is 6.07 Å². The molecule has 0 spiro atoms. The summed E-state index contributed by atoms with van der Waals surface area (Å²) >= 11 is 0. The molecule has 1 fully saturated rings. The lowest BCUT2D eigenvalue weighted by molar-refractivity contribution is 0.383. The average molecular weight is 353 g/mol. The zero-order valence-corrected chi connectivity index (χ0v) is 14.6. The second-order valence-electron chi connectivity index (χ2n) is 6.18. The van der Waals surface area contributed by atoms with E-state index in [-0.39, 0.29) is 17.2 Å². The third-order valence-corrected chi connectivity index (χ3v) is 6.17. The molecule has 1 aliphatic rings. The zero-order chi connectivity index (χ0) is 17.5. The van der Waals surface area contributed by atoms with Gasteiger partial charge in [0.25, 0.3) is 0 Å². The molecule has 2 aromatic rings. The van der Waals surface area contributed by atoms with E-state index >= 15 is 0 Å². The van der Waals surface area contributed by atoms with Gasteiger partial charge in [-0.15, -0.1) is 0 Å². The SMILES string of the molecule is COc1ccc(S(=O)(=O)N(C)Cc2ccc([C@H]3C[C@@H]3C)o2)cc1F. The number of ether oxygens (including phenoxy) is 1. The maximum absolute atomic E-state index is 13.8. The molecule has 1 heterocycles. The van der Waals surface area contributed by atoms with Crippen molar-refractivity contribution in [2.45, 2.75) is 30.7 Å². The van der Waals surface area contributed by atoms with Gasteiger partial charge in [0.2, 0.25) is 10.0 Å². The second kappa shape index (κ2) is 6.22. The first-order valence-corrected chi connectivity index (χ1v) is 9.15. The van der Waals surface area contributed by atoms with E-state index in [2.05, 4.69) is 6.92 Å². The first-order chi connectivity index (χ1) is 11.3. The average Bonchev–Trinajstić information content (AvgIpc) is 3.09. The Kier molecular flexibility index (Phi) is 4.40. The second-order valence-corrected chi connectivity index (χ2v) is 8.23. The molecule has 1 aromatic carbocycles. The minimum absolute atomic E-state index is 0.00540. The Bertz CT molecular complexity index is 846. The summed E-state index contributed by atoms with van der Waals surface area (Å²) in [7, 11) is -1.04. The number of halogens is 1. The number of hydrogen-bond donors (Lipinski definition) is 0. The summed E-state index contributed by atoms with van der Waals surface area (Å²) < 4.78 is 50.6. The number of furan rings is 1. The molecule has 7 heteroatoms. The van der Waals surface area contributed by atoms with Crippen LogP contribution >= 0.6 is 0 Å². The van der Waals surface area contributed by atoms with Gasteiger partial charge in [-0.05, 0) is 42.7 Å². The molecule has 24 heavy (non-hydrogen) atoms. The molecule has 1 saturated carbocycles. The molecule has 2 atom stereocenters. The largest absolute Gasteiger partial charge is 0.494 e. The number of nitrogens with zero attached hydrogens (tertiary/aromatic N) is 1. The number of benzene rings is 1. The molecule has 130 valence electrons. The number of methoxy groups -OCH3 is 1. The molecule has 0 bridgehead atoms.